The molecule has 2 nitrogen and oxygen atoms in total. The maximum atomic E-state index is 5.34. The molecule has 1 aliphatic heterocycles. The minimum absolute atomic E-state index is 0.409. The first-order valence-corrected chi connectivity index (χ1v) is 3.38. The van der Waals surface area contributed by atoms with Gasteiger partial charge in [-0.15, -0.1) is 0 Å². The highest BCUT2D eigenvalue weighted by atomic mass is 16.6. The summed E-state index contributed by atoms with van der Waals surface area (Å²) < 4.78 is 10.3. The van der Waals surface area contributed by atoms with E-state index in [2.05, 4.69) is 6.08 Å². The number of hydrogen-bond acceptors (Lipinski definition) is 2. The van der Waals surface area contributed by atoms with Crippen LogP contribution in [0.5, 0.6) is 0 Å². The number of allylic oxidation sites excluding steroid dienone is 2. The molecule has 0 saturated carbocycles. The molecule has 2 heteroatoms. The molecule has 1 atom stereocenters. The third-order valence-corrected chi connectivity index (χ3v) is 1.62. The second kappa shape index (κ2) is 2.03. The molecule has 1 unspecified atom stereocenters. The smallest absolute Gasteiger partial charge is 0.116 e. The van der Waals surface area contributed by atoms with Crippen molar-refractivity contribution < 1.29 is 9.47 Å². The van der Waals surface area contributed by atoms with Gasteiger partial charge in [0.25, 0.3) is 0 Å². The topological polar surface area (TPSA) is 21.8 Å². The third kappa shape index (κ3) is 1.24. The molecule has 0 radical (unpaired) electrons. The highest BCUT2D eigenvalue weighted by Gasteiger charge is 2.23. The van der Waals surface area contributed by atoms with Crippen LogP contribution in [0.1, 0.15) is 12.8 Å². The first-order valence-electron chi connectivity index (χ1n) is 3.38. The quantitative estimate of drug-likeness (QED) is 0.528. The van der Waals surface area contributed by atoms with Crippen LogP contribution in [0, 0.1) is 0 Å². The number of rotatable bonds is 3. The van der Waals surface area contributed by atoms with Gasteiger partial charge in [-0.2, -0.15) is 0 Å². The highest BCUT2D eigenvalue weighted by Crippen LogP contribution is 2.20. The fraction of sp³-hybridized carbons (Fsp3) is 0.714. The number of ether oxygens (including phenoxy) is 2. The summed E-state index contributed by atoms with van der Waals surface area (Å²) in [6, 6.07) is 0. The van der Waals surface area contributed by atoms with Gasteiger partial charge in [0, 0.05) is 6.42 Å². The molecule has 0 spiro atoms. The van der Waals surface area contributed by atoms with Crippen LogP contribution in [-0.2, 0) is 9.47 Å². The lowest BCUT2D eigenvalue weighted by Gasteiger charge is -2.14. The Morgan fingerprint density at radius 2 is 2.56 bits per heavy atom. The SMILES string of the molecule is C1=C(OCC2CO2)CC1. The van der Waals surface area contributed by atoms with Crippen molar-refractivity contribution >= 4 is 0 Å². The third-order valence-electron chi connectivity index (χ3n) is 1.62. The molecule has 1 fully saturated rings. The van der Waals surface area contributed by atoms with Crippen LogP contribution in [0.25, 0.3) is 0 Å². The van der Waals surface area contributed by atoms with E-state index in [4.69, 9.17) is 9.47 Å². The van der Waals surface area contributed by atoms with Crippen molar-refractivity contribution in [3.8, 4) is 0 Å². The van der Waals surface area contributed by atoms with Crippen LogP contribution < -0.4 is 0 Å². The lowest BCUT2D eigenvalue weighted by molar-refractivity contribution is 0.165. The summed E-state index contributed by atoms with van der Waals surface area (Å²) in [6.45, 7) is 1.67. The van der Waals surface area contributed by atoms with Gasteiger partial charge in [0.15, 0.2) is 0 Å². The van der Waals surface area contributed by atoms with E-state index in [0.717, 1.165) is 25.4 Å². The first-order chi connectivity index (χ1) is 4.45. The van der Waals surface area contributed by atoms with Gasteiger partial charge in [-0.25, -0.2) is 0 Å². The van der Waals surface area contributed by atoms with Gasteiger partial charge in [0.2, 0.25) is 0 Å². The molecule has 1 heterocycles. The van der Waals surface area contributed by atoms with Crippen LogP contribution in [-0.4, -0.2) is 19.3 Å². The van der Waals surface area contributed by atoms with E-state index < -0.39 is 0 Å². The standard InChI is InChI=1S/C7H10O2/c1-2-6(3-1)8-4-7-5-9-7/h2,7H,1,3-5H2. The van der Waals surface area contributed by atoms with Gasteiger partial charge in [-0.1, -0.05) is 0 Å². The lowest BCUT2D eigenvalue weighted by Crippen LogP contribution is -2.05. The van der Waals surface area contributed by atoms with E-state index in [-0.39, 0.29) is 0 Å². The summed E-state index contributed by atoms with van der Waals surface area (Å²) >= 11 is 0. The summed E-state index contributed by atoms with van der Waals surface area (Å²) in [5, 5.41) is 0. The predicted molar refractivity (Wildman–Crippen MR) is 33.0 cm³/mol. The Labute approximate surface area is 54.5 Å². The second-order valence-electron chi connectivity index (χ2n) is 2.48. The molecular formula is C7H10O2. The van der Waals surface area contributed by atoms with Crippen LogP contribution in [0.4, 0.5) is 0 Å². The lowest BCUT2D eigenvalue weighted by atomic mass is 10.1. The van der Waals surface area contributed by atoms with Gasteiger partial charge < -0.3 is 9.47 Å². The summed E-state index contributed by atoms with van der Waals surface area (Å²) in [6.07, 6.45) is 4.86. The Kier molecular flexibility index (Phi) is 1.19. The van der Waals surface area contributed by atoms with Crippen molar-refractivity contribution in [3.05, 3.63) is 11.8 Å². The molecule has 50 valence electrons. The van der Waals surface area contributed by atoms with Crippen molar-refractivity contribution in [2.75, 3.05) is 13.2 Å². The average Bonchev–Trinajstić information content (AvgIpc) is 2.44. The van der Waals surface area contributed by atoms with Crippen molar-refractivity contribution in [1.29, 1.82) is 0 Å². The zero-order valence-electron chi connectivity index (χ0n) is 5.30. The van der Waals surface area contributed by atoms with Crippen molar-refractivity contribution in [3.63, 3.8) is 0 Å². The van der Waals surface area contributed by atoms with Gasteiger partial charge in [-0.3, -0.25) is 0 Å². The fourth-order valence-corrected chi connectivity index (χ4v) is 0.758. The van der Waals surface area contributed by atoms with Gasteiger partial charge in [0.05, 0.1) is 12.4 Å². The van der Waals surface area contributed by atoms with Crippen molar-refractivity contribution in [1.82, 2.24) is 0 Å². The predicted octanol–water partition coefficient (Wildman–Crippen LogP) is 1.08. The van der Waals surface area contributed by atoms with E-state index >= 15 is 0 Å². The Hall–Kier alpha value is -0.500. The summed E-state index contributed by atoms with van der Waals surface area (Å²) in [7, 11) is 0. The van der Waals surface area contributed by atoms with Crippen molar-refractivity contribution in [2.45, 2.75) is 18.9 Å². The Morgan fingerprint density at radius 1 is 1.78 bits per heavy atom. The Balaban J connectivity index is 1.65. The number of hydrogen-bond donors (Lipinski definition) is 0. The molecule has 0 amide bonds. The first kappa shape index (κ1) is 5.30. The maximum Gasteiger partial charge on any atom is 0.116 e. The van der Waals surface area contributed by atoms with Gasteiger partial charge in [-0.05, 0) is 12.5 Å². The maximum absolute atomic E-state index is 5.34. The Morgan fingerprint density at radius 3 is 3.00 bits per heavy atom. The molecule has 9 heavy (non-hydrogen) atoms. The molecule has 2 aliphatic rings. The zero-order valence-corrected chi connectivity index (χ0v) is 5.30. The normalized spacial score (nSPS) is 30.7. The van der Waals surface area contributed by atoms with E-state index in [1.54, 1.807) is 0 Å². The Bertz CT molecular complexity index is 136. The molecular weight excluding hydrogens is 116 g/mol. The second-order valence-corrected chi connectivity index (χ2v) is 2.48. The molecule has 1 aliphatic carbocycles. The average molecular weight is 126 g/mol. The largest absolute Gasteiger partial charge is 0.495 e. The van der Waals surface area contributed by atoms with Gasteiger partial charge >= 0.3 is 0 Å². The summed E-state index contributed by atoms with van der Waals surface area (Å²) in [4.78, 5) is 0. The zero-order chi connectivity index (χ0) is 6.10. The van der Waals surface area contributed by atoms with E-state index in [1.807, 2.05) is 0 Å². The molecule has 0 aromatic rings. The van der Waals surface area contributed by atoms with E-state index in [1.165, 1.54) is 6.42 Å². The highest BCUT2D eigenvalue weighted by molar-refractivity contribution is 5.04. The molecule has 1 saturated heterocycles. The van der Waals surface area contributed by atoms with Crippen molar-refractivity contribution in [2.24, 2.45) is 0 Å². The summed E-state index contributed by atoms with van der Waals surface area (Å²) in [5.41, 5.74) is 0. The molecule has 2 rings (SSSR count). The monoisotopic (exact) mass is 126 g/mol. The van der Waals surface area contributed by atoms with Crippen LogP contribution in [0.2, 0.25) is 0 Å². The van der Waals surface area contributed by atoms with Crippen LogP contribution >= 0.6 is 0 Å². The number of epoxide rings is 1. The fourth-order valence-electron chi connectivity index (χ4n) is 0.758. The molecule has 0 aromatic heterocycles. The molecule has 0 N–H and O–H groups in total. The minimum atomic E-state index is 0.409. The minimum Gasteiger partial charge on any atom is -0.495 e. The summed E-state index contributed by atoms with van der Waals surface area (Å²) in [5.74, 6) is 1.16. The molecule has 0 aromatic carbocycles. The van der Waals surface area contributed by atoms with Gasteiger partial charge in [0.1, 0.15) is 12.7 Å². The van der Waals surface area contributed by atoms with E-state index in [9.17, 15) is 0 Å². The van der Waals surface area contributed by atoms with E-state index in [0.29, 0.717) is 6.10 Å². The van der Waals surface area contributed by atoms with Crippen LogP contribution in [0.3, 0.4) is 0 Å². The molecule has 0 bridgehead atoms. The van der Waals surface area contributed by atoms with Crippen LogP contribution in [0.15, 0.2) is 11.8 Å².